The first-order valence-electron chi connectivity index (χ1n) is 9.87. The van der Waals surface area contributed by atoms with Crippen LogP contribution in [0.5, 0.6) is 17.2 Å². The minimum absolute atomic E-state index is 0.00735. The molecule has 0 fully saturated rings. The van der Waals surface area contributed by atoms with Gasteiger partial charge in [-0.15, -0.1) is 0 Å². The van der Waals surface area contributed by atoms with Crippen molar-refractivity contribution in [3.05, 3.63) is 53.6 Å². The smallest absolute Gasteiger partial charge is 0.423 e. The van der Waals surface area contributed by atoms with Crippen molar-refractivity contribution in [2.75, 3.05) is 26.4 Å². The molecule has 0 bridgehead atoms. The molecule has 0 heterocycles. The number of nitrogens with one attached hydrogen (secondary N) is 1. The van der Waals surface area contributed by atoms with Crippen molar-refractivity contribution in [1.82, 2.24) is 5.32 Å². The van der Waals surface area contributed by atoms with Crippen LogP contribution in [0.1, 0.15) is 36.7 Å². The summed E-state index contributed by atoms with van der Waals surface area (Å²) < 4.78 is 57.6. The maximum atomic E-state index is 13.7. The Morgan fingerprint density at radius 2 is 1.45 bits per heavy atom. The molecular weight excluding hydrogens is 415 g/mol. The third-order valence-electron chi connectivity index (χ3n) is 4.40. The first kappa shape index (κ1) is 24.3. The minimum Gasteiger partial charge on any atom is -0.490 e. The third kappa shape index (κ3) is 5.61. The Bertz CT molecular complexity index is 846. The van der Waals surface area contributed by atoms with Gasteiger partial charge in [0.1, 0.15) is 0 Å². The molecule has 2 aromatic carbocycles. The Kier molecular flexibility index (Phi) is 8.15. The standard InChI is InChI=1S/C22H26F3NO5/c1-4-29-17-12-15(13-18(30-5-2)19(17)31-6-3)20(27)26-14-21(28,22(23,24)25)16-10-8-7-9-11-16/h7-13,28H,4-6,14H2,1-3H3,(H,26,27). The van der Waals surface area contributed by atoms with Crippen molar-refractivity contribution in [1.29, 1.82) is 0 Å². The molecule has 2 rings (SSSR count). The van der Waals surface area contributed by atoms with Crippen molar-refractivity contribution in [2.24, 2.45) is 0 Å². The predicted molar refractivity (Wildman–Crippen MR) is 109 cm³/mol. The highest BCUT2D eigenvalue weighted by Gasteiger charge is 2.55. The first-order valence-corrected chi connectivity index (χ1v) is 9.87. The second-order valence-corrected chi connectivity index (χ2v) is 6.51. The molecule has 31 heavy (non-hydrogen) atoms. The lowest BCUT2D eigenvalue weighted by molar-refractivity contribution is -0.263. The summed E-state index contributed by atoms with van der Waals surface area (Å²) in [6.45, 7) is 5.06. The van der Waals surface area contributed by atoms with Gasteiger partial charge in [-0.2, -0.15) is 13.2 Å². The monoisotopic (exact) mass is 441 g/mol. The molecule has 6 nitrogen and oxygen atoms in total. The zero-order chi connectivity index (χ0) is 23.1. The van der Waals surface area contributed by atoms with E-state index in [1.807, 2.05) is 0 Å². The quantitative estimate of drug-likeness (QED) is 0.582. The van der Waals surface area contributed by atoms with E-state index in [1.54, 1.807) is 20.8 Å². The van der Waals surface area contributed by atoms with E-state index >= 15 is 0 Å². The normalized spacial score (nSPS) is 13.3. The number of carbonyl (C=O) groups is 1. The van der Waals surface area contributed by atoms with E-state index in [0.717, 1.165) is 12.1 Å². The van der Waals surface area contributed by atoms with Crippen LogP contribution in [0.25, 0.3) is 0 Å². The number of halogens is 3. The Morgan fingerprint density at radius 1 is 0.935 bits per heavy atom. The van der Waals surface area contributed by atoms with E-state index in [9.17, 15) is 23.1 Å². The van der Waals surface area contributed by atoms with Crippen molar-refractivity contribution < 1.29 is 37.3 Å². The van der Waals surface area contributed by atoms with Gasteiger partial charge in [0.05, 0.1) is 26.4 Å². The van der Waals surface area contributed by atoms with Crippen molar-refractivity contribution in [2.45, 2.75) is 32.5 Å². The lowest BCUT2D eigenvalue weighted by Crippen LogP contribution is -2.51. The van der Waals surface area contributed by atoms with Gasteiger partial charge in [0.2, 0.25) is 11.4 Å². The van der Waals surface area contributed by atoms with Crippen LogP contribution in [-0.4, -0.2) is 43.6 Å². The van der Waals surface area contributed by atoms with Crippen molar-refractivity contribution in [3.63, 3.8) is 0 Å². The molecular formula is C22H26F3NO5. The van der Waals surface area contributed by atoms with Crippen LogP contribution < -0.4 is 19.5 Å². The molecule has 170 valence electrons. The maximum absolute atomic E-state index is 13.7. The molecule has 0 radical (unpaired) electrons. The lowest BCUT2D eigenvalue weighted by atomic mass is 9.93. The number of carbonyl (C=O) groups excluding carboxylic acids is 1. The van der Waals surface area contributed by atoms with Crippen LogP contribution in [0.3, 0.4) is 0 Å². The van der Waals surface area contributed by atoms with Gasteiger partial charge in [0, 0.05) is 5.56 Å². The molecule has 2 N–H and O–H groups in total. The van der Waals surface area contributed by atoms with E-state index in [1.165, 1.54) is 30.3 Å². The van der Waals surface area contributed by atoms with E-state index < -0.39 is 24.2 Å². The number of hydrogen-bond acceptors (Lipinski definition) is 5. The second-order valence-electron chi connectivity index (χ2n) is 6.51. The minimum atomic E-state index is -5.01. The van der Waals surface area contributed by atoms with Gasteiger partial charge >= 0.3 is 6.18 Å². The Morgan fingerprint density at radius 3 is 1.90 bits per heavy atom. The number of rotatable bonds is 10. The molecule has 2 aromatic rings. The summed E-state index contributed by atoms with van der Waals surface area (Å²) in [5.41, 5.74) is -3.62. The summed E-state index contributed by atoms with van der Waals surface area (Å²) in [7, 11) is 0. The molecule has 1 unspecified atom stereocenters. The summed E-state index contributed by atoms with van der Waals surface area (Å²) in [6.07, 6.45) is -5.01. The Hall–Kier alpha value is -2.94. The zero-order valence-electron chi connectivity index (χ0n) is 17.6. The number of hydrogen-bond donors (Lipinski definition) is 2. The van der Waals surface area contributed by atoms with E-state index in [2.05, 4.69) is 5.32 Å². The SMILES string of the molecule is CCOc1cc(C(=O)NCC(O)(c2ccccc2)C(F)(F)F)cc(OCC)c1OCC. The summed E-state index contributed by atoms with van der Waals surface area (Å²) in [4.78, 5) is 12.7. The molecule has 1 atom stereocenters. The highest BCUT2D eigenvalue weighted by molar-refractivity contribution is 5.95. The molecule has 0 spiro atoms. The number of alkyl halides is 3. The Labute approximate surface area is 178 Å². The number of benzene rings is 2. The van der Waals surface area contributed by atoms with Crippen LogP contribution in [0.4, 0.5) is 13.2 Å². The van der Waals surface area contributed by atoms with Gasteiger partial charge in [-0.25, -0.2) is 0 Å². The van der Waals surface area contributed by atoms with Gasteiger partial charge in [-0.05, 0) is 38.5 Å². The summed E-state index contributed by atoms with van der Waals surface area (Å²) in [5.74, 6) is -0.0634. The highest BCUT2D eigenvalue weighted by Crippen LogP contribution is 2.40. The molecule has 0 aromatic heterocycles. The largest absolute Gasteiger partial charge is 0.490 e. The molecule has 1 amide bonds. The summed E-state index contributed by atoms with van der Waals surface area (Å²) >= 11 is 0. The van der Waals surface area contributed by atoms with Crippen LogP contribution in [-0.2, 0) is 5.60 Å². The van der Waals surface area contributed by atoms with E-state index in [4.69, 9.17) is 14.2 Å². The average Bonchev–Trinajstić information content (AvgIpc) is 2.74. The lowest BCUT2D eigenvalue weighted by Gasteiger charge is -2.31. The van der Waals surface area contributed by atoms with Gasteiger partial charge in [-0.3, -0.25) is 4.79 Å². The Balaban J connectivity index is 2.35. The van der Waals surface area contributed by atoms with Crippen molar-refractivity contribution >= 4 is 5.91 Å². The number of aliphatic hydroxyl groups is 1. The van der Waals surface area contributed by atoms with Crippen LogP contribution in [0.2, 0.25) is 0 Å². The van der Waals surface area contributed by atoms with Gasteiger partial charge < -0.3 is 24.6 Å². The average molecular weight is 441 g/mol. The summed E-state index contributed by atoms with van der Waals surface area (Å²) in [5, 5.41) is 12.6. The number of amides is 1. The van der Waals surface area contributed by atoms with E-state index in [0.29, 0.717) is 12.4 Å². The van der Waals surface area contributed by atoms with Crippen LogP contribution in [0, 0.1) is 0 Å². The fraction of sp³-hybridized carbons (Fsp3) is 0.409. The summed E-state index contributed by atoms with van der Waals surface area (Å²) in [6, 6.07) is 9.31. The fourth-order valence-electron chi connectivity index (χ4n) is 2.91. The van der Waals surface area contributed by atoms with Gasteiger partial charge in [0.15, 0.2) is 11.5 Å². The molecule has 0 saturated carbocycles. The molecule has 0 saturated heterocycles. The third-order valence-corrected chi connectivity index (χ3v) is 4.40. The topological polar surface area (TPSA) is 77.0 Å². The predicted octanol–water partition coefficient (Wildman–Crippen LogP) is 4.06. The van der Waals surface area contributed by atoms with Gasteiger partial charge in [-0.1, -0.05) is 30.3 Å². The maximum Gasteiger partial charge on any atom is 0.423 e. The first-order chi connectivity index (χ1) is 14.7. The zero-order valence-corrected chi connectivity index (χ0v) is 17.6. The van der Waals surface area contributed by atoms with Gasteiger partial charge in [0.25, 0.3) is 5.91 Å². The fourth-order valence-corrected chi connectivity index (χ4v) is 2.91. The van der Waals surface area contributed by atoms with Crippen LogP contribution in [0.15, 0.2) is 42.5 Å². The number of ether oxygens (including phenoxy) is 3. The second kappa shape index (κ2) is 10.4. The van der Waals surface area contributed by atoms with Crippen LogP contribution >= 0.6 is 0 Å². The van der Waals surface area contributed by atoms with Crippen molar-refractivity contribution in [3.8, 4) is 17.2 Å². The molecule has 9 heteroatoms. The molecule has 0 aliphatic rings. The van der Waals surface area contributed by atoms with E-state index in [-0.39, 0.29) is 35.8 Å². The highest BCUT2D eigenvalue weighted by atomic mass is 19.4. The molecule has 0 aliphatic heterocycles. The molecule has 0 aliphatic carbocycles.